The van der Waals surface area contributed by atoms with E-state index in [-0.39, 0.29) is 11.9 Å². The molecular formula is C13H12N4O3S. The van der Waals surface area contributed by atoms with E-state index in [0.717, 1.165) is 23.1 Å². The maximum Gasteiger partial charge on any atom is 0.314 e. The lowest BCUT2D eigenvalue weighted by atomic mass is 10.1. The van der Waals surface area contributed by atoms with E-state index in [4.69, 9.17) is 9.15 Å². The van der Waals surface area contributed by atoms with Gasteiger partial charge >= 0.3 is 5.91 Å². The first kappa shape index (κ1) is 12.7. The molecule has 1 atom stereocenters. The molecule has 2 aromatic heterocycles. The Morgan fingerprint density at radius 3 is 2.95 bits per heavy atom. The number of rotatable bonds is 2. The molecule has 0 bridgehead atoms. The Hall–Kier alpha value is -2.06. The average Bonchev–Trinajstić information content (AvgIpc) is 3.18. The molecule has 1 fully saturated rings. The number of azo groups is 1. The van der Waals surface area contributed by atoms with Crippen molar-refractivity contribution in [3.05, 3.63) is 34.7 Å². The topological polar surface area (TPSA) is 80.3 Å². The van der Waals surface area contributed by atoms with Gasteiger partial charge < -0.3 is 14.1 Å². The maximum atomic E-state index is 11.9. The summed E-state index contributed by atoms with van der Waals surface area (Å²) in [5.74, 6) is 0.285. The lowest BCUT2D eigenvalue weighted by molar-refractivity contribution is 0.0981. The zero-order valence-electron chi connectivity index (χ0n) is 11.1. The summed E-state index contributed by atoms with van der Waals surface area (Å²) in [6, 6.07) is 3.25. The number of amides is 1. The third-order valence-corrected chi connectivity index (χ3v) is 4.62. The van der Waals surface area contributed by atoms with Crippen LogP contribution in [0, 0.1) is 0 Å². The standard InChI is InChI=1S/C13H12N4O3S/c18-12-10-11(9(15-16-12)8-2-1-5-20-8)21-13(14-10)17-3-6-19-7-4-17/h1-2,5,9H,3-4,6-7H2. The predicted molar refractivity (Wildman–Crippen MR) is 74.9 cm³/mol. The Kier molecular flexibility index (Phi) is 3.04. The number of ether oxygens (including phenoxy) is 1. The van der Waals surface area contributed by atoms with E-state index in [9.17, 15) is 4.79 Å². The van der Waals surface area contributed by atoms with Crippen molar-refractivity contribution in [3.63, 3.8) is 0 Å². The van der Waals surface area contributed by atoms with Gasteiger partial charge in [0.2, 0.25) is 0 Å². The number of thiazole rings is 1. The lowest BCUT2D eigenvalue weighted by Crippen LogP contribution is -2.36. The van der Waals surface area contributed by atoms with Crippen molar-refractivity contribution in [1.29, 1.82) is 0 Å². The summed E-state index contributed by atoms with van der Waals surface area (Å²) in [4.78, 5) is 19.3. The van der Waals surface area contributed by atoms with Crippen LogP contribution in [0.25, 0.3) is 0 Å². The summed E-state index contributed by atoms with van der Waals surface area (Å²) in [6.45, 7) is 2.91. The van der Waals surface area contributed by atoms with Crippen molar-refractivity contribution >= 4 is 22.4 Å². The minimum Gasteiger partial charge on any atom is -0.467 e. The Bertz CT molecular complexity index is 688. The molecule has 0 saturated carbocycles. The van der Waals surface area contributed by atoms with Gasteiger partial charge in [-0.05, 0) is 12.1 Å². The van der Waals surface area contributed by atoms with Crippen molar-refractivity contribution in [3.8, 4) is 0 Å². The van der Waals surface area contributed by atoms with Crippen LogP contribution in [-0.2, 0) is 4.74 Å². The minimum atomic E-state index is -0.386. The van der Waals surface area contributed by atoms with Crippen molar-refractivity contribution in [2.45, 2.75) is 6.04 Å². The van der Waals surface area contributed by atoms with E-state index < -0.39 is 0 Å². The second kappa shape index (κ2) is 5.05. The Balaban J connectivity index is 1.73. The van der Waals surface area contributed by atoms with Crippen molar-refractivity contribution < 1.29 is 13.9 Å². The van der Waals surface area contributed by atoms with Crippen LogP contribution in [0.3, 0.4) is 0 Å². The molecule has 108 valence electrons. The van der Waals surface area contributed by atoms with Crippen LogP contribution in [-0.4, -0.2) is 37.2 Å². The third-order valence-electron chi connectivity index (χ3n) is 3.45. The van der Waals surface area contributed by atoms with Gasteiger partial charge in [0.15, 0.2) is 16.9 Å². The zero-order chi connectivity index (χ0) is 14.2. The fourth-order valence-corrected chi connectivity index (χ4v) is 3.54. The number of fused-ring (bicyclic) bond motifs is 1. The fraction of sp³-hybridized carbons (Fsp3) is 0.385. The Morgan fingerprint density at radius 2 is 2.19 bits per heavy atom. The molecule has 0 aromatic carbocycles. The number of anilines is 1. The predicted octanol–water partition coefficient (Wildman–Crippen LogP) is 2.27. The average molecular weight is 304 g/mol. The number of nitrogens with zero attached hydrogens (tertiary/aromatic N) is 4. The summed E-state index contributed by atoms with van der Waals surface area (Å²) >= 11 is 1.48. The fourth-order valence-electron chi connectivity index (χ4n) is 2.39. The zero-order valence-corrected chi connectivity index (χ0v) is 11.9. The number of furan rings is 1. The van der Waals surface area contributed by atoms with Crippen LogP contribution in [0.5, 0.6) is 0 Å². The van der Waals surface area contributed by atoms with Crippen LogP contribution < -0.4 is 4.90 Å². The molecule has 0 radical (unpaired) electrons. The highest BCUT2D eigenvalue weighted by molar-refractivity contribution is 7.16. The van der Waals surface area contributed by atoms with Crippen LogP contribution in [0.2, 0.25) is 0 Å². The molecule has 7 nitrogen and oxygen atoms in total. The number of hydrogen-bond donors (Lipinski definition) is 0. The summed E-state index contributed by atoms with van der Waals surface area (Å²) in [6.07, 6.45) is 1.59. The molecule has 0 aliphatic carbocycles. The highest BCUT2D eigenvalue weighted by Gasteiger charge is 2.32. The Labute approximate surface area is 124 Å². The second-order valence-electron chi connectivity index (χ2n) is 4.75. The lowest BCUT2D eigenvalue weighted by Gasteiger charge is -2.25. The molecular weight excluding hydrogens is 292 g/mol. The van der Waals surface area contributed by atoms with E-state index in [0.29, 0.717) is 24.7 Å². The van der Waals surface area contributed by atoms with Gasteiger partial charge in [0.25, 0.3) is 0 Å². The van der Waals surface area contributed by atoms with Crippen LogP contribution in [0.15, 0.2) is 33.0 Å². The molecule has 2 aromatic rings. The van der Waals surface area contributed by atoms with Crippen LogP contribution in [0.4, 0.5) is 5.13 Å². The minimum absolute atomic E-state index is 0.375. The quantitative estimate of drug-likeness (QED) is 0.850. The first-order chi connectivity index (χ1) is 10.3. The normalized spacial score (nSPS) is 21.6. The van der Waals surface area contributed by atoms with E-state index >= 15 is 0 Å². The number of carbonyl (C=O) groups excluding carboxylic acids is 1. The number of carbonyl (C=O) groups is 1. The summed E-state index contributed by atoms with van der Waals surface area (Å²) in [5.41, 5.74) is 0.387. The van der Waals surface area contributed by atoms with Crippen LogP contribution in [0.1, 0.15) is 27.2 Å². The van der Waals surface area contributed by atoms with E-state index in [1.807, 2.05) is 6.07 Å². The number of hydrogen-bond acceptors (Lipinski definition) is 7. The largest absolute Gasteiger partial charge is 0.467 e. The molecule has 21 heavy (non-hydrogen) atoms. The van der Waals surface area contributed by atoms with Gasteiger partial charge in [-0.15, -0.1) is 5.11 Å². The van der Waals surface area contributed by atoms with Gasteiger partial charge in [-0.2, -0.15) is 5.11 Å². The molecule has 4 rings (SSSR count). The van der Waals surface area contributed by atoms with Gasteiger partial charge in [0.1, 0.15) is 5.76 Å². The molecule has 0 spiro atoms. The summed E-state index contributed by atoms with van der Waals surface area (Å²) in [7, 11) is 0. The summed E-state index contributed by atoms with van der Waals surface area (Å²) in [5, 5.41) is 8.58. The maximum absolute atomic E-state index is 11.9. The van der Waals surface area contributed by atoms with E-state index in [1.54, 1.807) is 12.3 Å². The molecule has 2 aliphatic rings. The molecule has 4 heterocycles. The first-order valence-corrected chi connectivity index (χ1v) is 7.46. The highest BCUT2D eigenvalue weighted by atomic mass is 32.1. The number of morpholine rings is 1. The first-order valence-electron chi connectivity index (χ1n) is 6.65. The molecule has 8 heteroatoms. The smallest absolute Gasteiger partial charge is 0.314 e. The molecule has 1 saturated heterocycles. The molecule has 1 unspecified atom stereocenters. The van der Waals surface area contributed by atoms with Gasteiger partial charge in [-0.3, -0.25) is 4.79 Å². The van der Waals surface area contributed by atoms with Crippen LogP contribution >= 0.6 is 11.3 Å². The molecule has 0 N–H and O–H groups in total. The van der Waals surface area contributed by atoms with Gasteiger partial charge in [-0.25, -0.2) is 4.98 Å². The van der Waals surface area contributed by atoms with E-state index in [2.05, 4.69) is 20.1 Å². The molecule has 2 aliphatic heterocycles. The molecule has 1 amide bonds. The Morgan fingerprint density at radius 1 is 1.33 bits per heavy atom. The van der Waals surface area contributed by atoms with E-state index in [1.165, 1.54) is 11.3 Å². The summed E-state index contributed by atoms with van der Waals surface area (Å²) < 4.78 is 10.7. The van der Waals surface area contributed by atoms with Gasteiger partial charge in [0, 0.05) is 13.1 Å². The highest BCUT2D eigenvalue weighted by Crippen LogP contribution is 2.39. The second-order valence-corrected chi connectivity index (χ2v) is 5.76. The van der Waals surface area contributed by atoms with Crippen molar-refractivity contribution in [1.82, 2.24) is 4.98 Å². The SMILES string of the molecule is O=C1N=NC(c2ccco2)c2sc(N3CCOCC3)nc21. The monoisotopic (exact) mass is 304 g/mol. The number of aromatic nitrogens is 1. The third kappa shape index (κ3) is 2.16. The van der Waals surface area contributed by atoms with Gasteiger partial charge in [0.05, 0.1) is 24.4 Å². The van der Waals surface area contributed by atoms with Crippen molar-refractivity contribution in [2.75, 3.05) is 31.2 Å². The van der Waals surface area contributed by atoms with Crippen molar-refractivity contribution in [2.24, 2.45) is 10.2 Å². The van der Waals surface area contributed by atoms with Gasteiger partial charge in [-0.1, -0.05) is 11.3 Å².